The highest BCUT2D eigenvalue weighted by atomic mass is 16.5. The number of methoxy groups -OCH3 is 1. The molecule has 0 amide bonds. The van der Waals surface area contributed by atoms with E-state index in [1.165, 1.54) is 5.56 Å². The number of hydrogen-bond acceptors (Lipinski definition) is 3. The van der Waals surface area contributed by atoms with Crippen molar-refractivity contribution in [1.82, 2.24) is 9.88 Å². The zero-order chi connectivity index (χ0) is 17.9. The van der Waals surface area contributed by atoms with Gasteiger partial charge in [0.15, 0.2) is 5.96 Å². The summed E-state index contributed by atoms with van der Waals surface area (Å²) in [5.74, 6) is 1.59. The van der Waals surface area contributed by atoms with Crippen molar-refractivity contribution in [2.24, 2.45) is 12.0 Å². The van der Waals surface area contributed by atoms with Crippen molar-refractivity contribution in [3.05, 3.63) is 48.3 Å². The van der Waals surface area contributed by atoms with E-state index in [2.05, 4.69) is 34.8 Å². The second-order valence-electron chi connectivity index (χ2n) is 5.73. The van der Waals surface area contributed by atoms with E-state index >= 15 is 0 Å². The van der Waals surface area contributed by atoms with Crippen LogP contribution in [0.3, 0.4) is 0 Å². The van der Waals surface area contributed by atoms with E-state index in [4.69, 9.17) is 9.47 Å². The van der Waals surface area contributed by atoms with Crippen molar-refractivity contribution in [1.29, 1.82) is 0 Å². The minimum Gasteiger partial charge on any atom is -0.493 e. The predicted octanol–water partition coefficient (Wildman–Crippen LogP) is 3.02. The Labute approximate surface area is 149 Å². The molecule has 6 heteroatoms. The van der Waals surface area contributed by atoms with Crippen LogP contribution in [-0.2, 0) is 18.3 Å². The van der Waals surface area contributed by atoms with Gasteiger partial charge in [0, 0.05) is 57.9 Å². The first-order valence-electron chi connectivity index (χ1n) is 8.59. The van der Waals surface area contributed by atoms with Crippen molar-refractivity contribution in [2.75, 3.05) is 32.2 Å². The fraction of sp³-hybridized carbons (Fsp3) is 0.421. The van der Waals surface area contributed by atoms with Gasteiger partial charge < -0.3 is 24.7 Å². The largest absolute Gasteiger partial charge is 0.493 e. The van der Waals surface area contributed by atoms with Gasteiger partial charge in [0.25, 0.3) is 0 Å². The molecule has 136 valence electrons. The number of rotatable bonds is 9. The zero-order valence-corrected chi connectivity index (χ0v) is 15.3. The third kappa shape index (κ3) is 6.89. The van der Waals surface area contributed by atoms with Crippen LogP contribution >= 0.6 is 0 Å². The summed E-state index contributed by atoms with van der Waals surface area (Å²) >= 11 is 0. The lowest BCUT2D eigenvalue weighted by atomic mass is 10.3. The van der Waals surface area contributed by atoms with Gasteiger partial charge in [0.1, 0.15) is 5.75 Å². The monoisotopic (exact) mass is 344 g/mol. The Hall–Kier alpha value is -2.47. The molecular weight excluding hydrogens is 316 g/mol. The lowest BCUT2D eigenvalue weighted by Crippen LogP contribution is -2.30. The van der Waals surface area contributed by atoms with Crippen LogP contribution in [0.4, 0.5) is 5.69 Å². The molecule has 0 fully saturated rings. The second-order valence-corrected chi connectivity index (χ2v) is 5.73. The van der Waals surface area contributed by atoms with E-state index < -0.39 is 0 Å². The maximum absolute atomic E-state index is 5.74. The Balaban J connectivity index is 1.95. The summed E-state index contributed by atoms with van der Waals surface area (Å²) in [5.41, 5.74) is 2.12. The molecule has 0 spiro atoms. The molecule has 0 saturated carbocycles. The number of aromatic nitrogens is 1. The number of hydrogen-bond donors (Lipinski definition) is 2. The van der Waals surface area contributed by atoms with Crippen LogP contribution < -0.4 is 15.4 Å². The van der Waals surface area contributed by atoms with E-state index in [-0.39, 0.29) is 0 Å². The molecule has 1 heterocycles. The molecule has 25 heavy (non-hydrogen) atoms. The van der Waals surface area contributed by atoms with E-state index in [9.17, 15) is 0 Å². The fourth-order valence-electron chi connectivity index (χ4n) is 2.33. The molecule has 2 N–H and O–H groups in total. The summed E-state index contributed by atoms with van der Waals surface area (Å²) in [6, 6.07) is 9.96. The van der Waals surface area contributed by atoms with Gasteiger partial charge >= 0.3 is 0 Å². The van der Waals surface area contributed by atoms with Gasteiger partial charge in [-0.1, -0.05) is 6.07 Å². The van der Waals surface area contributed by atoms with Gasteiger partial charge in [-0.2, -0.15) is 0 Å². The average molecular weight is 344 g/mol. The Morgan fingerprint density at radius 2 is 2.12 bits per heavy atom. The summed E-state index contributed by atoms with van der Waals surface area (Å²) in [7, 11) is 3.70. The molecule has 2 rings (SSSR count). The number of nitrogens with one attached hydrogen (secondary N) is 2. The number of aryl methyl sites for hydroxylation is 1. The van der Waals surface area contributed by atoms with E-state index in [0.29, 0.717) is 19.8 Å². The van der Waals surface area contributed by atoms with Crippen LogP contribution in [0.15, 0.2) is 47.7 Å². The number of guanidine groups is 1. The van der Waals surface area contributed by atoms with Gasteiger partial charge in [-0.3, -0.25) is 0 Å². The lowest BCUT2D eigenvalue weighted by Gasteiger charge is -2.12. The van der Waals surface area contributed by atoms with Crippen LogP contribution in [-0.4, -0.2) is 37.4 Å². The summed E-state index contributed by atoms with van der Waals surface area (Å²) in [4.78, 5) is 4.63. The number of aliphatic imine (C=N–C) groups is 1. The molecule has 0 aliphatic carbocycles. The standard InChI is InChI=1S/C19H28N4O2/c1-4-20-19(21-14-16-9-10-23(2)15-16)22-17-7-5-8-18(13-17)25-12-6-11-24-3/h5,7-10,13,15H,4,6,11-12,14H2,1-3H3,(H2,20,21,22). The minimum absolute atomic E-state index is 0.628. The SMILES string of the molecule is CCNC(=NCc1ccn(C)c1)Nc1cccc(OCCCOC)c1. The Bertz CT molecular complexity index is 667. The first-order chi connectivity index (χ1) is 12.2. The van der Waals surface area contributed by atoms with Crippen molar-refractivity contribution >= 4 is 11.6 Å². The molecule has 6 nitrogen and oxygen atoms in total. The third-order valence-corrected chi connectivity index (χ3v) is 3.52. The van der Waals surface area contributed by atoms with Crippen molar-refractivity contribution in [2.45, 2.75) is 19.9 Å². The first kappa shape index (κ1) is 18.9. The molecular formula is C19H28N4O2. The van der Waals surface area contributed by atoms with Crippen molar-refractivity contribution in [3.8, 4) is 5.75 Å². The summed E-state index contributed by atoms with van der Waals surface area (Å²) in [5, 5.41) is 6.59. The molecule has 0 atom stereocenters. The smallest absolute Gasteiger partial charge is 0.196 e. The van der Waals surface area contributed by atoms with Crippen molar-refractivity contribution < 1.29 is 9.47 Å². The Kier molecular flexibility index (Phi) is 7.85. The number of anilines is 1. The normalized spacial score (nSPS) is 11.4. The predicted molar refractivity (Wildman–Crippen MR) is 102 cm³/mol. The molecule has 1 aromatic carbocycles. The van der Waals surface area contributed by atoms with Crippen LogP contribution in [0.1, 0.15) is 18.9 Å². The van der Waals surface area contributed by atoms with Crippen LogP contribution in [0.5, 0.6) is 5.75 Å². The third-order valence-electron chi connectivity index (χ3n) is 3.52. The Morgan fingerprint density at radius 1 is 1.24 bits per heavy atom. The molecule has 0 unspecified atom stereocenters. The molecule has 2 aromatic rings. The van der Waals surface area contributed by atoms with E-state index in [1.807, 2.05) is 42.1 Å². The van der Waals surface area contributed by atoms with Crippen LogP contribution in [0.25, 0.3) is 0 Å². The first-order valence-corrected chi connectivity index (χ1v) is 8.59. The summed E-state index contributed by atoms with van der Waals surface area (Å²) < 4.78 is 12.8. The molecule has 0 aliphatic rings. The topological polar surface area (TPSA) is 59.8 Å². The maximum atomic E-state index is 5.74. The number of nitrogens with zero attached hydrogens (tertiary/aromatic N) is 2. The van der Waals surface area contributed by atoms with Crippen molar-refractivity contribution in [3.63, 3.8) is 0 Å². The van der Waals surface area contributed by atoms with Crippen LogP contribution in [0, 0.1) is 0 Å². The molecule has 0 saturated heterocycles. The zero-order valence-electron chi connectivity index (χ0n) is 15.3. The second kappa shape index (κ2) is 10.4. The van der Waals surface area contributed by atoms with Gasteiger partial charge in [0.2, 0.25) is 0 Å². The highest BCUT2D eigenvalue weighted by molar-refractivity contribution is 5.93. The van der Waals surface area contributed by atoms with E-state index in [1.54, 1.807) is 7.11 Å². The van der Waals surface area contributed by atoms with E-state index in [0.717, 1.165) is 30.4 Å². The summed E-state index contributed by atoms with van der Waals surface area (Å²) in [6.07, 6.45) is 4.96. The fourth-order valence-corrected chi connectivity index (χ4v) is 2.33. The number of benzene rings is 1. The average Bonchev–Trinajstić information content (AvgIpc) is 3.03. The minimum atomic E-state index is 0.628. The molecule has 0 bridgehead atoms. The highest BCUT2D eigenvalue weighted by Gasteiger charge is 2.02. The molecule has 0 radical (unpaired) electrons. The van der Waals surface area contributed by atoms with Gasteiger partial charge in [-0.15, -0.1) is 0 Å². The van der Waals surface area contributed by atoms with Gasteiger partial charge in [-0.25, -0.2) is 4.99 Å². The Morgan fingerprint density at radius 3 is 2.84 bits per heavy atom. The maximum Gasteiger partial charge on any atom is 0.196 e. The number of ether oxygens (including phenoxy) is 2. The quantitative estimate of drug-likeness (QED) is 0.417. The summed E-state index contributed by atoms with van der Waals surface area (Å²) in [6.45, 7) is 4.82. The van der Waals surface area contributed by atoms with Crippen LogP contribution in [0.2, 0.25) is 0 Å². The molecule has 0 aliphatic heterocycles. The lowest BCUT2D eigenvalue weighted by molar-refractivity contribution is 0.172. The van der Waals surface area contributed by atoms with Gasteiger partial charge in [-0.05, 0) is 30.7 Å². The molecule has 1 aromatic heterocycles. The van der Waals surface area contributed by atoms with Gasteiger partial charge in [0.05, 0.1) is 13.2 Å². The highest BCUT2D eigenvalue weighted by Crippen LogP contribution is 2.17.